The van der Waals surface area contributed by atoms with Gasteiger partial charge < -0.3 is 15.2 Å². The monoisotopic (exact) mass is 221 g/mol. The average Bonchev–Trinajstić information content (AvgIpc) is 2.37. The molecule has 3 nitrogen and oxygen atoms in total. The van der Waals surface area contributed by atoms with Crippen LogP contribution in [0, 0.1) is 0 Å². The van der Waals surface area contributed by atoms with Crippen LogP contribution in [0.5, 0.6) is 5.75 Å². The Balaban J connectivity index is 2.28. The normalized spacial score (nSPS) is 23.4. The van der Waals surface area contributed by atoms with E-state index in [0.717, 1.165) is 30.7 Å². The molecule has 1 aliphatic rings. The lowest BCUT2D eigenvalue weighted by Crippen LogP contribution is -2.44. The number of aliphatic hydroxyl groups is 1. The number of nitrogens with one attached hydrogen (secondary N) is 1. The van der Waals surface area contributed by atoms with Crippen LogP contribution >= 0.6 is 0 Å². The standard InChI is InChI=1S/C13H19NO2/c1-3-13(9-15)7-6-10-8-11(16-2)4-5-12(10)14-13/h4-5,8,14-15H,3,6-7,9H2,1-2H3. The number of methoxy groups -OCH3 is 1. The number of benzene rings is 1. The van der Waals surface area contributed by atoms with E-state index < -0.39 is 0 Å². The van der Waals surface area contributed by atoms with Crippen LogP contribution in [0.4, 0.5) is 5.69 Å². The van der Waals surface area contributed by atoms with Crippen LogP contribution in [0.25, 0.3) is 0 Å². The Hall–Kier alpha value is -1.22. The van der Waals surface area contributed by atoms with E-state index in [9.17, 15) is 5.11 Å². The number of hydrogen-bond donors (Lipinski definition) is 2. The van der Waals surface area contributed by atoms with Gasteiger partial charge in [0.1, 0.15) is 5.75 Å². The van der Waals surface area contributed by atoms with E-state index in [0.29, 0.717) is 0 Å². The highest BCUT2D eigenvalue weighted by Crippen LogP contribution is 2.34. The molecule has 0 amide bonds. The van der Waals surface area contributed by atoms with Crippen LogP contribution in [-0.2, 0) is 6.42 Å². The number of aliphatic hydroxyl groups excluding tert-OH is 1. The van der Waals surface area contributed by atoms with Gasteiger partial charge in [0, 0.05) is 5.69 Å². The van der Waals surface area contributed by atoms with E-state index in [2.05, 4.69) is 18.3 Å². The van der Waals surface area contributed by atoms with Crippen LogP contribution in [0.15, 0.2) is 18.2 Å². The topological polar surface area (TPSA) is 41.5 Å². The first-order chi connectivity index (χ1) is 7.73. The third kappa shape index (κ3) is 1.87. The molecule has 0 saturated carbocycles. The molecule has 0 saturated heterocycles. The van der Waals surface area contributed by atoms with Gasteiger partial charge in [0.25, 0.3) is 0 Å². The summed E-state index contributed by atoms with van der Waals surface area (Å²) in [6, 6.07) is 6.06. The highest BCUT2D eigenvalue weighted by Gasteiger charge is 2.31. The van der Waals surface area contributed by atoms with Crippen molar-refractivity contribution in [3.8, 4) is 5.75 Å². The van der Waals surface area contributed by atoms with Gasteiger partial charge >= 0.3 is 0 Å². The van der Waals surface area contributed by atoms with Crippen molar-refractivity contribution in [1.29, 1.82) is 0 Å². The van der Waals surface area contributed by atoms with Crippen LogP contribution < -0.4 is 10.1 Å². The molecule has 88 valence electrons. The summed E-state index contributed by atoms with van der Waals surface area (Å²) >= 11 is 0. The highest BCUT2D eigenvalue weighted by atomic mass is 16.5. The SMILES string of the molecule is CCC1(CO)CCc2cc(OC)ccc2N1. The van der Waals surface area contributed by atoms with Gasteiger partial charge in [0.15, 0.2) is 0 Å². The number of rotatable bonds is 3. The van der Waals surface area contributed by atoms with E-state index in [4.69, 9.17) is 4.74 Å². The van der Waals surface area contributed by atoms with Crippen molar-refractivity contribution in [3.63, 3.8) is 0 Å². The molecular formula is C13H19NO2. The Morgan fingerprint density at radius 3 is 2.94 bits per heavy atom. The summed E-state index contributed by atoms with van der Waals surface area (Å²) < 4.78 is 5.21. The molecule has 1 unspecified atom stereocenters. The lowest BCUT2D eigenvalue weighted by atomic mass is 9.85. The summed E-state index contributed by atoms with van der Waals surface area (Å²) in [5.41, 5.74) is 2.27. The molecule has 0 fully saturated rings. The Labute approximate surface area is 96.4 Å². The molecule has 0 spiro atoms. The number of aryl methyl sites for hydroxylation is 1. The van der Waals surface area contributed by atoms with Gasteiger partial charge in [0.05, 0.1) is 19.3 Å². The first kappa shape index (κ1) is 11.3. The Kier molecular flexibility index (Phi) is 3.06. The molecule has 1 aliphatic heterocycles. The second kappa shape index (κ2) is 4.34. The lowest BCUT2D eigenvalue weighted by Gasteiger charge is -2.38. The quantitative estimate of drug-likeness (QED) is 0.822. The first-order valence-electron chi connectivity index (χ1n) is 5.79. The van der Waals surface area contributed by atoms with Gasteiger partial charge in [-0.25, -0.2) is 0 Å². The molecule has 1 aromatic rings. The minimum absolute atomic E-state index is 0.137. The second-order valence-corrected chi connectivity index (χ2v) is 4.44. The minimum Gasteiger partial charge on any atom is -0.497 e. The minimum atomic E-state index is -0.137. The van der Waals surface area contributed by atoms with Gasteiger partial charge in [-0.3, -0.25) is 0 Å². The lowest BCUT2D eigenvalue weighted by molar-refractivity contribution is 0.195. The molecule has 1 atom stereocenters. The third-order valence-electron chi connectivity index (χ3n) is 3.56. The fraction of sp³-hybridized carbons (Fsp3) is 0.538. The number of hydrogen-bond acceptors (Lipinski definition) is 3. The van der Waals surface area contributed by atoms with Crippen molar-refractivity contribution in [3.05, 3.63) is 23.8 Å². The molecule has 0 aliphatic carbocycles. The van der Waals surface area contributed by atoms with Crippen molar-refractivity contribution in [2.75, 3.05) is 19.0 Å². The fourth-order valence-corrected chi connectivity index (χ4v) is 2.24. The van der Waals surface area contributed by atoms with E-state index >= 15 is 0 Å². The van der Waals surface area contributed by atoms with Crippen molar-refractivity contribution < 1.29 is 9.84 Å². The van der Waals surface area contributed by atoms with Crippen LogP contribution in [-0.4, -0.2) is 24.4 Å². The highest BCUT2D eigenvalue weighted by molar-refractivity contribution is 5.58. The fourth-order valence-electron chi connectivity index (χ4n) is 2.24. The van der Waals surface area contributed by atoms with E-state index in [-0.39, 0.29) is 12.1 Å². The maximum Gasteiger partial charge on any atom is 0.119 e. The largest absolute Gasteiger partial charge is 0.497 e. The Bertz CT molecular complexity index is 372. The molecule has 1 aromatic carbocycles. The third-order valence-corrected chi connectivity index (χ3v) is 3.56. The molecular weight excluding hydrogens is 202 g/mol. The molecule has 0 bridgehead atoms. The van der Waals surface area contributed by atoms with Crippen molar-refractivity contribution in [1.82, 2.24) is 0 Å². The smallest absolute Gasteiger partial charge is 0.119 e. The molecule has 2 rings (SSSR count). The van der Waals surface area contributed by atoms with Gasteiger partial charge in [-0.15, -0.1) is 0 Å². The summed E-state index contributed by atoms with van der Waals surface area (Å²) in [6.07, 6.45) is 2.91. The molecule has 0 radical (unpaired) electrons. The van der Waals surface area contributed by atoms with Crippen molar-refractivity contribution in [2.24, 2.45) is 0 Å². The summed E-state index contributed by atoms with van der Waals surface area (Å²) in [7, 11) is 1.68. The molecule has 1 heterocycles. The number of ether oxygens (including phenoxy) is 1. The van der Waals surface area contributed by atoms with Gasteiger partial charge in [-0.2, -0.15) is 0 Å². The molecule has 16 heavy (non-hydrogen) atoms. The van der Waals surface area contributed by atoms with Crippen LogP contribution in [0.3, 0.4) is 0 Å². The second-order valence-electron chi connectivity index (χ2n) is 4.44. The van der Waals surface area contributed by atoms with Crippen LogP contribution in [0.1, 0.15) is 25.3 Å². The maximum atomic E-state index is 9.48. The summed E-state index contributed by atoms with van der Waals surface area (Å²) in [5.74, 6) is 0.897. The van der Waals surface area contributed by atoms with E-state index in [1.807, 2.05) is 12.1 Å². The van der Waals surface area contributed by atoms with Crippen molar-refractivity contribution in [2.45, 2.75) is 31.7 Å². The number of anilines is 1. The zero-order chi connectivity index (χ0) is 11.6. The molecule has 0 aromatic heterocycles. The Morgan fingerprint density at radius 2 is 2.31 bits per heavy atom. The molecule has 3 heteroatoms. The van der Waals surface area contributed by atoms with Gasteiger partial charge in [-0.05, 0) is 43.0 Å². The van der Waals surface area contributed by atoms with Gasteiger partial charge in [0.2, 0.25) is 0 Å². The predicted octanol–water partition coefficient (Wildman–Crippen LogP) is 2.19. The number of fused-ring (bicyclic) bond motifs is 1. The van der Waals surface area contributed by atoms with E-state index in [1.165, 1.54) is 5.56 Å². The average molecular weight is 221 g/mol. The predicted molar refractivity (Wildman–Crippen MR) is 65.0 cm³/mol. The zero-order valence-corrected chi connectivity index (χ0v) is 9.92. The zero-order valence-electron chi connectivity index (χ0n) is 9.92. The summed E-state index contributed by atoms with van der Waals surface area (Å²) in [5, 5.41) is 12.9. The summed E-state index contributed by atoms with van der Waals surface area (Å²) in [6.45, 7) is 2.30. The first-order valence-corrected chi connectivity index (χ1v) is 5.79. The Morgan fingerprint density at radius 1 is 1.50 bits per heavy atom. The summed E-state index contributed by atoms with van der Waals surface area (Å²) in [4.78, 5) is 0. The van der Waals surface area contributed by atoms with Gasteiger partial charge in [-0.1, -0.05) is 6.92 Å². The van der Waals surface area contributed by atoms with Crippen LogP contribution in [0.2, 0.25) is 0 Å². The maximum absolute atomic E-state index is 9.48. The van der Waals surface area contributed by atoms with E-state index in [1.54, 1.807) is 7.11 Å². The molecule has 2 N–H and O–H groups in total. The van der Waals surface area contributed by atoms with Crippen molar-refractivity contribution >= 4 is 5.69 Å².